The van der Waals surface area contributed by atoms with E-state index in [1.807, 2.05) is 0 Å². The van der Waals surface area contributed by atoms with Crippen molar-refractivity contribution < 1.29 is 9.90 Å². The number of rotatable bonds is 6. The Morgan fingerprint density at radius 2 is 1.85 bits per heavy atom. The normalized spacial score (nSPS) is 15.8. The number of hydrogen-bond acceptors (Lipinski definition) is 2. The minimum absolute atomic E-state index is 0.0857. The van der Waals surface area contributed by atoms with Crippen LogP contribution in [0.15, 0.2) is 0 Å². The summed E-state index contributed by atoms with van der Waals surface area (Å²) < 4.78 is 0. The molecule has 0 rings (SSSR count). The van der Waals surface area contributed by atoms with E-state index in [4.69, 9.17) is 10.8 Å². The van der Waals surface area contributed by atoms with Gasteiger partial charge >= 0.3 is 5.97 Å². The molecule has 2 atom stereocenters. The van der Waals surface area contributed by atoms with Gasteiger partial charge in [-0.3, -0.25) is 4.79 Å². The second-order valence-corrected chi connectivity index (χ2v) is 4.33. The van der Waals surface area contributed by atoms with E-state index in [1.54, 1.807) is 0 Å². The highest BCUT2D eigenvalue weighted by Gasteiger charge is 2.13. The molecule has 0 saturated carbocycles. The van der Waals surface area contributed by atoms with Crippen LogP contribution in [-0.2, 0) is 4.79 Å². The Hall–Kier alpha value is -0.570. The van der Waals surface area contributed by atoms with Crippen molar-refractivity contribution in [1.29, 1.82) is 0 Å². The molecule has 0 bridgehead atoms. The third kappa shape index (κ3) is 7.78. The third-order valence-corrected chi connectivity index (χ3v) is 2.02. The highest BCUT2D eigenvalue weighted by Crippen LogP contribution is 2.16. The van der Waals surface area contributed by atoms with Crippen molar-refractivity contribution in [1.82, 2.24) is 0 Å². The number of carbonyl (C=O) groups is 1. The van der Waals surface area contributed by atoms with E-state index in [-0.39, 0.29) is 12.5 Å². The van der Waals surface area contributed by atoms with E-state index < -0.39 is 5.97 Å². The second-order valence-electron chi connectivity index (χ2n) is 4.33. The highest BCUT2D eigenvalue weighted by atomic mass is 16.4. The third-order valence-electron chi connectivity index (χ3n) is 2.02. The zero-order chi connectivity index (χ0) is 10.4. The molecule has 2 unspecified atom stereocenters. The molecule has 78 valence electrons. The van der Waals surface area contributed by atoms with Crippen LogP contribution in [0.2, 0.25) is 0 Å². The maximum absolute atomic E-state index is 10.3. The van der Waals surface area contributed by atoms with Crippen LogP contribution in [0, 0.1) is 11.8 Å². The Labute approximate surface area is 80.3 Å². The van der Waals surface area contributed by atoms with Crippen LogP contribution in [0.25, 0.3) is 0 Å². The summed E-state index contributed by atoms with van der Waals surface area (Å²) in [4.78, 5) is 10.3. The lowest BCUT2D eigenvalue weighted by Crippen LogP contribution is -2.26. The summed E-state index contributed by atoms with van der Waals surface area (Å²) in [7, 11) is 0. The maximum atomic E-state index is 10.3. The average Bonchev–Trinajstić information content (AvgIpc) is 1.80. The molecule has 0 radical (unpaired) electrons. The van der Waals surface area contributed by atoms with Gasteiger partial charge in [0.15, 0.2) is 0 Å². The zero-order valence-electron chi connectivity index (χ0n) is 8.79. The quantitative estimate of drug-likeness (QED) is 0.667. The van der Waals surface area contributed by atoms with Gasteiger partial charge in [-0.15, -0.1) is 0 Å². The summed E-state index contributed by atoms with van der Waals surface area (Å²) in [5.41, 5.74) is 5.67. The van der Waals surface area contributed by atoms with Crippen LogP contribution in [0.4, 0.5) is 0 Å². The van der Waals surface area contributed by atoms with Crippen LogP contribution < -0.4 is 5.73 Å². The first-order valence-corrected chi connectivity index (χ1v) is 4.89. The minimum atomic E-state index is -0.802. The molecule has 0 saturated heterocycles. The number of hydrogen-bond donors (Lipinski definition) is 2. The molecule has 0 aromatic rings. The van der Waals surface area contributed by atoms with E-state index in [0.29, 0.717) is 11.8 Å². The van der Waals surface area contributed by atoms with Gasteiger partial charge in [0.05, 0.1) is 6.42 Å². The van der Waals surface area contributed by atoms with Crippen molar-refractivity contribution in [3.8, 4) is 0 Å². The Balaban J connectivity index is 3.64. The van der Waals surface area contributed by atoms with E-state index in [0.717, 1.165) is 12.8 Å². The molecule has 3 nitrogen and oxygen atoms in total. The van der Waals surface area contributed by atoms with Gasteiger partial charge in [0.25, 0.3) is 0 Å². The largest absolute Gasteiger partial charge is 0.481 e. The Kier molecular flexibility index (Phi) is 5.71. The lowest BCUT2D eigenvalue weighted by molar-refractivity contribution is -0.137. The number of aliphatic carboxylic acids is 1. The fraction of sp³-hybridized carbons (Fsp3) is 0.900. The molecule has 0 aromatic heterocycles. The van der Waals surface area contributed by atoms with Gasteiger partial charge in [-0.2, -0.15) is 0 Å². The zero-order valence-corrected chi connectivity index (χ0v) is 8.79. The summed E-state index contributed by atoms with van der Waals surface area (Å²) in [5, 5.41) is 8.50. The molecule has 0 fully saturated rings. The molecule has 0 amide bonds. The minimum Gasteiger partial charge on any atom is -0.481 e. The van der Waals surface area contributed by atoms with Crippen LogP contribution in [0.5, 0.6) is 0 Å². The molecule has 0 aliphatic heterocycles. The maximum Gasteiger partial charge on any atom is 0.304 e. The van der Waals surface area contributed by atoms with Crippen molar-refractivity contribution in [2.75, 3.05) is 0 Å². The lowest BCUT2D eigenvalue weighted by Gasteiger charge is -2.17. The van der Waals surface area contributed by atoms with E-state index in [1.165, 1.54) is 0 Å². The predicted octanol–water partition coefficient (Wildman–Crippen LogP) is 1.86. The van der Waals surface area contributed by atoms with Gasteiger partial charge in [0.1, 0.15) is 0 Å². The van der Waals surface area contributed by atoms with Crippen LogP contribution in [0.1, 0.15) is 40.0 Å². The van der Waals surface area contributed by atoms with Gasteiger partial charge in [-0.1, -0.05) is 20.8 Å². The van der Waals surface area contributed by atoms with E-state index >= 15 is 0 Å². The van der Waals surface area contributed by atoms with E-state index in [2.05, 4.69) is 20.8 Å². The summed E-state index contributed by atoms with van der Waals surface area (Å²) in [5.74, 6) is 0.380. The highest BCUT2D eigenvalue weighted by molar-refractivity contribution is 5.67. The fourth-order valence-electron chi connectivity index (χ4n) is 1.73. The van der Waals surface area contributed by atoms with Gasteiger partial charge < -0.3 is 10.8 Å². The fourth-order valence-corrected chi connectivity index (χ4v) is 1.73. The standard InChI is InChI=1S/C10H21NO2/c1-7(2)4-8(3)5-9(11)6-10(12)13/h7-9H,4-6,11H2,1-3H3,(H,12,13). The predicted molar refractivity (Wildman–Crippen MR) is 53.5 cm³/mol. The SMILES string of the molecule is CC(C)CC(C)CC(N)CC(=O)O. The number of carboxylic acid groups (broad SMARTS) is 1. The van der Waals surface area contributed by atoms with Crippen LogP contribution in [0.3, 0.4) is 0 Å². The number of nitrogens with two attached hydrogens (primary N) is 1. The van der Waals surface area contributed by atoms with Gasteiger partial charge in [-0.05, 0) is 24.7 Å². The summed E-state index contributed by atoms with van der Waals surface area (Å²) >= 11 is 0. The topological polar surface area (TPSA) is 63.3 Å². The monoisotopic (exact) mass is 187 g/mol. The van der Waals surface area contributed by atoms with Gasteiger partial charge in [-0.25, -0.2) is 0 Å². The van der Waals surface area contributed by atoms with E-state index in [9.17, 15) is 4.79 Å². The molecule has 13 heavy (non-hydrogen) atoms. The molecule has 0 aromatic carbocycles. The van der Waals surface area contributed by atoms with Crippen molar-refractivity contribution in [3.63, 3.8) is 0 Å². The first-order chi connectivity index (χ1) is 5.91. The molecule has 0 spiro atoms. The molecular weight excluding hydrogens is 166 g/mol. The van der Waals surface area contributed by atoms with Crippen molar-refractivity contribution in [2.24, 2.45) is 17.6 Å². The summed E-state index contributed by atoms with van der Waals surface area (Å²) in [6.07, 6.45) is 2.01. The van der Waals surface area contributed by atoms with Gasteiger partial charge in [0.2, 0.25) is 0 Å². The Morgan fingerprint density at radius 3 is 2.23 bits per heavy atom. The molecule has 0 aliphatic rings. The summed E-state index contributed by atoms with van der Waals surface area (Å²) in [6.45, 7) is 6.46. The lowest BCUT2D eigenvalue weighted by atomic mass is 9.92. The van der Waals surface area contributed by atoms with Crippen molar-refractivity contribution in [2.45, 2.75) is 46.1 Å². The molecule has 0 aliphatic carbocycles. The first-order valence-electron chi connectivity index (χ1n) is 4.89. The smallest absolute Gasteiger partial charge is 0.304 e. The van der Waals surface area contributed by atoms with Gasteiger partial charge in [0, 0.05) is 6.04 Å². The Morgan fingerprint density at radius 1 is 1.31 bits per heavy atom. The van der Waals surface area contributed by atoms with Crippen molar-refractivity contribution in [3.05, 3.63) is 0 Å². The summed E-state index contributed by atoms with van der Waals surface area (Å²) in [6, 6.07) is -0.189. The number of carboxylic acids is 1. The Bertz CT molecular complexity index is 157. The van der Waals surface area contributed by atoms with Crippen LogP contribution in [-0.4, -0.2) is 17.1 Å². The van der Waals surface area contributed by atoms with Crippen LogP contribution >= 0.6 is 0 Å². The molecule has 3 heteroatoms. The molecular formula is C10H21NO2. The average molecular weight is 187 g/mol. The second kappa shape index (κ2) is 5.97. The first kappa shape index (κ1) is 12.4. The molecule has 0 heterocycles. The molecule has 3 N–H and O–H groups in total. The van der Waals surface area contributed by atoms with Crippen molar-refractivity contribution >= 4 is 5.97 Å².